The third-order valence-electron chi connectivity index (χ3n) is 7.40. The fourth-order valence-corrected chi connectivity index (χ4v) is 5.40. The SMILES string of the molecule is CC[C@]1(OC(=O)C2=C(C)NC(C)=C(C(=O)OC)C2c2cccc([N+](=O)[O-])c2)CCN(Cc2ccccc2)C1. The molecule has 9 heteroatoms. The maximum atomic E-state index is 13.9. The van der Waals surface area contributed by atoms with Gasteiger partial charge in [0, 0.05) is 49.6 Å². The standard InChI is InChI=1S/C29H33N3O6/c1-5-29(14-15-31(18-29)17-21-10-7-6-8-11-21)38-28(34)25-20(3)30-19(2)24(27(33)37-4)26(25)22-12-9-13-23(16-22)32(35)36/h6-13,16,26,30H,5,14-15,17-18H2,1-4H3/t26?,29-/m0/s1. The number of carbonyl (C=O) groups excluding carboxylic acids is 2. The first-order chi connectivity index (χ1) is 18.2. The van der Waals surface area contributed by atoms with E-state index in [0.717, 1.165) is 13.1 Å². The van der Waals surface area contributed by atoms with E-state index in [2.05, 4.69) is 22.3 Å². The zero-order chi connectivity index (χ0) is 27.4. The number of esters is 2. The number of hydrogen-bond acceptors (Lipinski definition) is 8. The zero-order valence-corrected chi connectivity index (χ0v) is 22.2. The summed E-state index contributed by atoms with van der Waals surface area (Å²) >= 11 is 0. The molecule has 0 radical (unpaired) electrons. The van der Waals surface area contributed by atoms with Gasteiger partial charge in [-0.25, -0.2) is 9.59 Å². The maximum Gasteiger partial charge on any atom is 0.337 e. The number of nitro groups is 1. The van der Waals surface area contributed by atoms with Crippen molar-refractivity contribution in [1.29, 1.82) is 0 Å². The Kier molecular flexibility index (Phi) is 7.97. The molecule has 1 saturated heterocycles. The Morgan fingerprint density at radius 2 is 1.76 bits per heavy atom. The van der Waals surface area contributed by atoms with Crippen LogP contribution in [0.25, 0.3) is 0 Å². The Morgan fingerprint density at radius 1 is 1.08 bits per heavy atom. The number of nitrogens with one attached hydrogen (secondary N) is 1. The van der Waals surface area contributed by atoms with Crippen molar-refractivity contribution in [3.8, 4) is 0 Å². The highest BCUT2D eigenvalue weighted by molar-refractivity contribution is 6.00. The molecule has 1 unspecified atom stereocenters. The first-order valence-corrected chi connectivity index (χ1v) is 12.7. The van der Waals surface area contributed by atoms with E-state index in [0.29, 0.717) is 36.3 Å². The van der Waals surface area contributed by atoms with E-state index in [9.17, 15) is 19.7 Å². The highest BCUT2D eigenvalue weighted by Gasteiger charge is 2.44. The van der Waals surface area contributed by atoms with Crippen LogP contribution in [0.5, 0.6) is 0 Å². The van der Waals surface area contributed by atoms with Gasteiger partial charge >= 0.3 is 11.9 Å². The Balaban J connectivity index is 1.67. The van der Waals surface area contributed by atoms with Crippen LogP contribution in [0.4, 0.5) is 5.69 Å². The number of nitro benzene ring substituents is 1. The van der Waals surface area contributed by atoms with Gasteiger partial charge in [-0.1, -0.05) is 49.4 Å². The molecule has 38 heavy (non-hydrogen) atoms. The molecule has 0 aliphatic carbocycles. The number of benzene rings is 2. The fourth-order valence-electron chi connectivity index (χ4n) is 5.40. The summed E-state index contributed by atoms with van der Waals surface area (Å²) in [7, 11) is 1.27. The number of dihydropyridines is 1. The van der Waals surface area contributed by atoms with E-state index in [4.69, 9.17) is 9.47 Å². The van der Waals surface area contributed by atoms with Crippen LogP contribution in [0.3, 0.4) is 0 Å². The van der Waals surface area contributed by atoms with Gasteiger partial charge in [-0.15, -0.1) is 0 Å². The van der Waals surface area contributed by atoms with Crippen LogP contribution in [0.2, 0.25) is 0 Å². The highest BCUT2D eigenvalue weighted by Crippen LogP contribution is 2.41. The molecule has 2 aromatic rings. The molecule has 2 heterocycles. The summed E-state index contributed by atoms with van der Waals surface area (Å²) in [4.78, 5) is 40.1. The average Bonchev–Trinajstić information content (AvgIpc) is 3.30. The summed E-state index contributed by atoms with van der Waals surface area (Å²) < 4.78 is 11.3. The molecule has 0 amide bonds. The number of likely N-dealkylation sites (tertiary alicyclic amines) is 1. The Labute approximate surface area is 222 Å². The van der Waals surface area contributed by atoms with Gasteiger partial charge in [-0.3, -0.25) is 15.0 Å². The third-order valence-corrected chi connectivity index (χ3v) is 7.40. The lowest BCUT2D eigenvalue weighted by atomic mass is 9.80. The van der Waals surface area contributed by atoms with Crippen molar-refractivity contribution in [2.24, 2.45) is 0 Å². The second-order valence-electron chi connectivity index (χ2n) is 9.85. The van der Waals surface area contributed by atoms with Gasteiger partial charge in [0.15, 0.2) is 0 Å². The molecule has 200 valence electrons. The number of allylic oxidation sites excluding steroid dienone is 2. The van der Waals surface area contributed by atoms with Crippen molar-refractivity contribution in [2.75, 3.05) is 20.2 Å². The van der Waals surface area contributed by atoms with Gasteiger partial charge in [0.1, 0.15) is 5.60 Å². The Hall–Kier alpha value is -3.98. The Morgan fingerprint density at radius 3 is 2.39 bits per heavy atom. The van der Waals surface area contributed by atoms with E-state index < -0.39 is 28.4 Å². The van der Waals surface area contributed by atoms with Crippen molar-refractivity contribution in [2.45, 2.75) is 51.7 Å². The summed E-state index contributed by atoms with van der Waals surface area (Å²) in [6, 6.07) is 16.1. The molecule has 0 aromatic heterocycles. The molecule has 4 rings (SSSR count). The van der Waals surface area contributed by atoms with Crippen LogP contribution in [-0.2, 0) is 25.6 Å². The van der Waals surface area contributed by atoms with Gasteiger partial charge in [-0.2, -0.15) is 0 Å². The number of non-ortho nitro benzene ring substituents is 1. The average molecular weight is 520 g/mol. The molecule has 1 fully saturated rings. The van der Waals surface area contributed by atoms with Crippen molar-refractivity contribution in [1.82, 2.24) is 10.2 Å². The van der Waals surface area contributed by atoms with E-state index >= 15 is 0 Å². The van der Waals surface area contributed by atoms with E-state index in [1.807, 2.05) is 25.1 Å². The third kappa shape index (κ3) is 5.47. The second kappa shape index (κ2) is 11.2. The monoisotopic (exact) mass is 519 g/mol. The van der Waals surface area contributed by atoms with E-state index in [-0.39, 0.29) is 16.8 Å². The molecule has 0 bridgehead atoms. The minimum atomic E-state index is -0.883. The number of methoxy groups -OCH3 is 1. The minimum absolute atomic E-state index is 0.134. The number of hydrogen-bond donors (Lipinski definition) is 1. The molecule has 9 nitrogen and oxygen atoms in total. The van der Waals surface area contributed by atoms with Gasteiger partial charge < -0.3 is 14.8 Å². The lowest BCUT2D eigenvalue weighted by Gasteiger charge is -2.34. The molecule has 0 saturated carbocycles. The first-order valence-electron chi connectivity index (χ1n) is 12.7. The van der Waals surface area contributed by atoms with Crippen molar-refractivity contribution >= 4 is 17.6 Å². The molecule has 2 aromatic carbocycles. The smallest absolute Gasteiger partial charge is 0.337 e. The maximum absolute atomic E-state index is 13.9. The van der Waals surface area contributed by atoms with Crippen LogP contribution in [0, 0.1) is 10.1 Å². The zero-order valence-electron chi connectivity index (χ0n) is 22.2. The van der Waals surface area contributed by atoms with E-state index in [1.54, 1.807) is 26.0 Å². The lowest BCUT2D eigenvalue weighted by Crippen LogP contribution is -2.40. The molecular formula is C29H33N3O6. The van der Waals surface area contributed by atoms with Gasteiger partial charge in [0.05, 0.1) is 29.1 Å². The summed E-state index contributed by atoms with van der Waals surface area (Å²) in [6.07, 6.45) is 1.31. The number of rotatable bonds is 8. The largest absolute Gasteiger partial charge is 0.466 e. The second-order valence-corrected chi connectivity index (χ2v) is 9.85. The normalized spacial score (nSPS) is 21.7. The minimum Gasteiger partial charge on any atom is -0.466 e. The van der Waals surface area contributed by atoms with Crippen LogP contribution in [0.15, 0.2) is 77.1 Å². The molecule has 2 aliphatic rings. The van der Waals surface area contributed by atoms with Gasteiger partial charge in [0.25, 0.3) is 5.69 Å². The summed E-state index contributed by atoms with van der Waals surface area (Å²) in [5.41, 5.74) is 2.31. The summed E-state index contributed by atoms with van der Waals surface area (Å²) in [6.45, 7) is 7.59. The first kappa shape index (κ1) is 27.1. The molecule has 2 atom stereocenters. The van der Waals surface area contributed by atoms with E-state index in [1.165, 1.54) is 24.8 Å². The molecule has 1 N–H and O–H groups in total. The van der Waals surface area contributed by atoms with Crippen molar-refractivity contribution in [3.63, 3.8) is 0 Å². The van der Waals surface area contributed by atoms with Crippen LogP contribution >= 0.6 is 0 Å². The topological polar surface area (TPSA) is 111 Å². The van der Waals surface area contributed by atoms with Crippen LogP contribution < -0.4 is 5.32 Å². The molecule has 0 spiro atoms. The summed E-state index contributed by atoms with van der Waals surface area (Å²) in [5, 5.41) is 14.6. The number of carbonyl (C=O) groups is 2. The number of ether oxygens (including phenoxy) is 2. The molecule has 2 aliphatic heterocycles. The van der Waals surface area contributed by atoms with Crippen LogP contribution in [-0.4, -0.2) is 47.6 Å². The van der Waals surface area contributed by atoms with Gasteiger partial charge in [0.2, 0.25) is 0 Å². The van der Waals surface area contributed by atoms with Gasteiger partial charge in [-0.05, 0) is 31.4 Å². The number of nitrogens with zero attached hydrogens (tertiary/aromatic N) is 2. The predicted molar refractivity (Wildman–Crippen MR) is 142 cm³/mol. The lowest BCUT2D eigenvalue weighted by molar-refractivity contribution is -0.384. The fraction of sp³-hybridized carbons (Fsp3) is 0.379. The van der Waals surface area contributed by atoms with Crippen molar-refractivity contribution < 1.29 is 24.0 Å². The quantitative estimate of drug-likeness (QED) is 0.306. The predicted octanol–water partition coefficient (Wildman–Crippen LogP) is 4.60. The Bertz CT molecular complexity index is 1300. The highest BCUT2D eigenvalue weighted by atomic mass is 16.6. The van der Waals surface area contributed by atoms with Crippen LogP contribution in [0.1, 0.15) is 50.7 Å². The molecular weight excluding hydrogens is 486 g/mol. The van der Waals surface area contributed by atoms with Crippen molar-refractivity contribution in [3.05, 3.63) is 98.4 Å². The summed E-state index contributed by atoms with van der Waals surface area (Å²) in [5.74, 6) is -2.06.